The zero-order valence-corrected chi connectivity index (χ0v) is 11.4. The van der Waals surface area contributed by atoms with Gasteiger partial charge in [0.15, 0.2) is 5.82 Å². The molecule has 19 heavy (non-hydrogen) atoms. The maximum atomic E-state index is 4.93. The summed E-state index contributed by atoms with van der Waals surface area (Å²) in [5, 5.41) is 8.31. The molecule has 1 N–H and O–H groups in total. The second-order valence-electron chi connectivity index (χ2n) is 7.45. The molecule has 102 valence electrons. The summed E-state index contributed by atoms with van der Waals surface area (Å²) in [6.07, 6.45) is 8.60. The minimum atomic E-state index is 0.360. The van der Waals surface area contributed by atoms with Crippen LogP contribution in [0, 0.1) is 17.8 Å². The monoisotopic (exact) mass is 258 g/mol. The number of nitrogens with one attached hydrogen (secondary N) is 1. The van der Waals surface area contributed by atoms with E-state index < -0.39 is 0 Å². The molecule has 1 aromatic heterocycles. The first-order chi connectivity index (χ1) is 9.31. The molecule has 0 radical (unpaired) electrons. The molecule has 6 rings (SSSR count). The second-order valence-corrected chi connectivity index (χ2v) is 7.45. The van der Waals surface area contributed by atoms with E-state index in [1.807, 2.05) is 0 Å². The Balaban J connectivity index is 1.56. The third-order valence-electron chi connectivity index (χ3n) is 6.04. The lowest BCUT2D eigenvalue weighted by Gasteiger charge is -2.55. The average Bonchev–Trinajstić information content (AvgIpc) is 2.81. The van der Waals surface area contributed by atoms with Crippen molar-refractivity contribution in [3.63, 3.8) is 0 Å². The Morgan fingerprint density at radius 2 is 1.74 bits per heavy atom. The summed E-state index contributed by atoms with van der Waals surface area (Å²) in [7, 11) is 0. The molecule has 4 bridgehead atoms. The van der Waals surface area contributed by atoms with Crippen LogP contribution in [0.25, 0.3) is 0 Å². The van der Waals surface area contributed by atoms with E-state index in [1.54, 1.807) is 0 Å². The number of rotatable bonds is 1. The number of fused-ring (bicyclic) bond motifs is 1. The van der Waals surface area contributed by atoms with Crippen LogP contribution in [-0.4, -0.2) is 21.3 Å². The molecule has 1 aliphatic heterocycles. The van der Waals surface area contributed by atoms with Crippen molar-refractivity contribution in [1.29, 1.82) is 0 Å². The molecule has 0 unspecified atom stereocenters. The molecule has 0 atom stereocenters. The van der Waals surface area contributed by atoms with Gasteiger partial charge in [0, 0.05) is 12.0 Å². The lowest BCUT2D eigenvalue weighted by atomic mass is 9.49. The largest absolute Gasteiger partial charge is 0.308 e. The van der Waals surface area contributed by atoms with Crippen LogP contribution >= 0.6 is 0 Å². The number of nitrogens with zero attached hydrogens (tertiary/aromatic N) is 3. The van der Waals surface area contributed by atoms with Gasteiger partial charge < -0.3 is 5.32 Å². The molecule has 0 amide bonds. The fourth-order valence-corrected chi connectivity index (χ4v) is 5.68. The molecule has 4 heteroatoms. The van der Waals surface area contributed by atoms with Crippen LogP contribution in [0.4, 0.5) is 0 Å². The van der Waals surface area contributed by atoms with E-state index in [4.69, 9.17) is 10.1 Å². The van der Waals surface area contributed by atoms with Crippen molar-refractivity contribution in [1.82, 2.24) is 20.1 Å². The highest BCUT2D eigenvalue weighted by Gasteiger charge is 2.53. The average molecular weight is 258 g/mol. The second kappa shape index (κ2) is 3.60. The van der Waals surface area contributed by atoms with Gasteiger partial charge in [-0.05, 0) is 56.3 Å². The topological polar surface area (TPSA) is 42.7 Å². The first kappa shape index (κ1) is 10.8. The third kappa shape index (κ3) is 1.49. The van der Waals surface area contributed by atoms with Crippen molar-refractivity contribution < 1.29 is 0 Å². The van der Waals surface area contributed by atoms with E-state index in [0.717, 1.165) is 43.2 Å². The Hall–Kier alpha value is -0.900. The highest BCUT2D eigenvalue weighted by atomic mass is 15.4. The number of hydrogen-bond donors (Lipinski definition) is 1. The summed E-state index contributed by atoms with van der Waals surface area (Å²) in [5.74, 6) is 5.29. The Morgan fingerprint density at radius 1 is 1.05 bits per heavy atom. The van der Waals surface area contributed by atoms with Crippen molar-refractivity contribution in [2.24, 2.45) is 17.8 Å². The molecule has 5 aliphatic rings. The van der Waals surface area contributed by atoms with Gasteiger partial charge in [-0.15, -0.1) is 0 Å². The van der Waals surface area contributed by atoms with E-state index in [-0.39, 0.29) is 0 Å². The van der Waals surface area contributed by atoms with Crippen LogP contribution in [0.3, 0.4) is 0 Å². The highest BCUT2D eigenvalue weighted by Crippen LogP contribution is 2.60. The molecule has 2 heterocycles. The fraction of sp³-hybridized carbons (Fsp3) is 0.867. The SMILES string of the molecule is C1Cn2nc(C34CC5CC(CC(C5)C3)C4)nc2CN1. The minimum Gasteiger partial charge on any atom is -0.308 e. The smallest absolute Gasteiger partial charge is 0.157 e. The molecule has 4 nitrogen and oxygen atoms in total. The first-order valence-electron chi connectivity index (χ1n) is 7.96. The summed E-state index contributed by atoms with van der Waals surface area (Å²) < 4.78 is 2.16. The van der Waals surface area contributed by atoms with Gasteiger partial charge in [0.05, 0.1) is 13.1 Å². The van der Waals surface area contributed by atoms with Crippen molar-refractivity contribution in [3.8, 4) is 0 Å². The number of hydrogen-bond acceptors (Lipinski definition) is 3. The Kier molecular flexibility index (Phi) is 2.05. The lowest BCUT2D eigenvalue weighted by Crippen LogP contribution is -2.49. The molecule has 0 spiro atoms. The molecular weight excluding hydrogens is 236 g/mol. The predicted octanol–water partition coefficient (Wildman–Crippen LogP) is 1.85. The van der Waals surface area contributed by atoms with Crippen molar-refractivity contribution in [3.05, 3.63) is 11.6 Å². The Morgan fingerprint density at radius 3 is 2.37 bits per heavy atom. The minimum absolute atomic E-state index is 0.360. The zero-order chi connectivity index (χ0) is 12.4. The molecule has 4 aliphatic carbocycles. The predicted molar refractivity (Wildman–Crippen MR) is 71.6 cm³/mol. The number of aromatic nitrogens is 3. The fourth-order valence-electron chi connectivity index (χ4n) is 5.68. The molecular formula is C15H22N4. The summed E-state index contributed by atoms with van der Waals surface area (Å²) in [5.41, 5.74) is 0.360. The molecule has 0 saturated heterocycles. The Bertz CT molecular complexity index is 459. The van der Waals surface area contributed by atoms with E-state index >= 15 is 0 Å². The molecule has 1 aromatic rings. The maximum Gasteiger partial charge on any atom is 0.157 e. The van der Waals surface area contributed by atoms with Gasteiger partial charge in [0.2, 0.25) is 0 Å². The van der Waals surface area contributed by atoms with Crippen LogP contribution in [0.1, 0.15) is 50.2 Å². The van der Waals surface area contributed by atoms with Crippen LogP contribution in [0.2, 0.25) is 0 Å². The van der Waals surface area contributed by atoms with Crippen LogP contribution in [0.5, 0.6) is 0 Å². The lowest BCUT2D eigenvalue weighted by molar-refractivity contribution is -0.00944. The van der Waals surface area contributed by atoms with Gasteiger partial charge >= 0.3 is 0 Å². The quantitative estimate of drug-likeness (QED) is 0.836. The van der Waals surface area contributed by atoms with E-state index in [9.17, 15) is 0 Å². The van der Waals surface area contributed by atoms with Gasteiger partial charge in [-0.1, -0.05) is 0 Å². The van der Waals surface area contributed by atoms with Crippen molar-refractivity contribution >= 4 is 0 Å². The van der Waals surface area contributed by atoms with Gasteiger partial charge in [-0.3, -0.25) is 0 Å². The zero-order valence-electron chi connectivity index (χ0n) is 11.4. The van der Waals surface area contributed by atoms with Crippen molar-refractivity contribution in [2.45, 2.75) is 57.0 Å². The van der Waals surface area contributed by atoms with Gasteiger partial charge in [0.25, 0.3) is 0 Å². The van der Waals surface area contributed by atoms with Crippen LogP contribution in [-0.2, 0) is 18.5 Å². The molecule has 0 aromatic carbocycles. The molecule has 4 fully saturated rings. The van der Waals surface area contributed by atoms with E-state index in [1.165, 1.54) is 44.3 Å². The molecule has 4 saturated carbocycles. The third-order valence-corrected chi connectivity index (χ3v) is 6.04. The van der Waals surface area contributed by atoms with Crippen LogP contribution < -0.4 is 5.32 Å². The van der Waals surface area contributed by atoms with Gasteiger partial charge in [0.1, 0.15) is 5.82 Å². The highest BCUT2D eigenvalue weighted by molar-refractivity contribution is 5.17. The normalized spacial score (nSPS) is 43.5. The summed E-state index contributed by atoms with van der Waals surface area (Å²) in [4.78, 5) is 4.93. The maximum absolute atomic E-state index is 4.93. The summed E-state index contributed by atoms with van der Waals surface area (Å²) in [6.45, 7) is 2.94. The Labute approximate surface area is 114 Å². The first-order valence-corrected chi connectivity index (χ1v) is 7.96. The van der Waals surface area contributed by atoms with E-state index in [0.29, 0.717) is 5.41 Å². The standard InChI is InChI=1S/C15H22N4/c1-2-19-13(9-16-1)17-14(18-19)15-6-10-3-11(7-15)5-12(4-10)8-15/h10-12,16H,1-9H2. The summed E-state index contributed by atoms with van der Waals surface area (Å²) >= 11 is 0. The van der Waals surface area contributed by atoms with Gasteiger partial charge in [-0.25, -0.2) is 9.67 Å². The summed E-state index contributed by atoms with van der Waals surface area (Å²) in [6, 6.07) is 0. The van der Waals surface area contributed by atoms with E-state index in [2.05, 4.69) is 10.00 Å². The van der Waals surface area contributed by atoms with Crippen LogP contribution in [0.15, 0.2) is 0 Å². The van der Waals surface area contributed by atoms with Crippen molar-refractivity contribution in [2.75, 3.05) is 6.54 Å². The van der Waals surface area contributed by atoms with Gasteiger partial charge in [-0.2, -0.15) is 5.10 Å².